The number of nitrogens with two attached hydrogens (primary N) is 1. The van der Waals surface area contributed by atoms with Crippen molar-refractivity contribution in [1.29, 1.82) is 0 Å². The van der Waals surface area contributed by atoms with Crippen molar-refractivity contribution >= 4 is 28.1 Å². The fourth-order valence-corrected chi connectivity index (χ4v) is 3.81. The molecule has 0 spiro atoms. The summed E-state index contributed by atoms with van der Waals surface area (Å²) in [5.74, 6) is 0.600. The molecule has 0 radical (unpaired) electrons. The van der Waals surface area contributed by atoms with E-state index in [1.54, 1.807) is 23.9 Å². The summed E-state index contributed by atoms with van der Waals surface area (Å²) in [6.45, 7) is 0. The van der Waals surface area contributed by atoms with Crippen LogP contribution in [0.15, 0.2) is 58.9 Å². The minimum absolute atomic E-state index is 0.258. The number of halogens is 1. The molecule has 3 aromatic rings. The van der Waals surface area contributed by atoms with Crippen molar-refractivity contribution < 1.29 is 4.39 Å². The molecule has 3 rings (SSSR count). The van der Waals surface area contributed by atoms with E-state index in [4.69, 9.17) is 5.73 Å². The number of thiazole rings is 1. The van der Waals surface area contributed by atoms with Gasteiger partial charge < -0.3 is 5.73 Å². The molecule has 106 valence electrons. The van der Waals surface area contributed by atoms with Crippen molar-refractivity contribution in [3.8, 4) is 11.3 Å². The number of rotatable bonds is 4. The molecule has 0 saturated heterocycles. The average Bonchev–Trinajstić information content (AvgIpc) is 2.88. The second kappa shape index (κ2) is 6.28. The number of aromatic nitrogens is 1. The first kappa shape index (κ1) is 14.1. The molecule has 0 bridgehead atoms. The number of hydrogen-bond acceptors (Lipinski definition) is 4. The van der Waals surface area contributed by atoms with E-state index in [-0.39, 0.29) is 5.82 Å². The Bertz CT molecular complexity index is 724. The second-order valence-electron chi connectivity index (χ2n) is 4.47. The molecule has 0 fully saturated rings. The van der Waals surface area contributed by atoms with E-state index in [2.05, 4.69) is 17.1 Å². The quantitative estimate of drug-likeness (QED) is 0.701. The van der Waals surface area contributed by atoms with Gasteiger partial charge in [-0.05, 0) is 29.8 Å². The van der Waals surface area contributed by atoms with Crippen molar-refractivity contribution in [2.75, 3.05) is 5.73 Å². The largest absolute Gasteiger partial charge is 0.389 e. The van der Waals surface area contributed by atoms with Gasteiger partial charge in [0.05, 0.1) is 0 Å². The second-order valence-corrected chi connectivity index (χ2v) is 6.73. The Labute approximate surface area is 130 Å². The predicted octanol–water partition coefficient (Wildman–Crippen LogP) is 4.82. The summed E-state index contributed by atoms with van der Waals surface area (Å²) < 4.78 is 13.9. The molecule has 1 aromatic heterocycles. The van der Waals surface area contributed by atoms with Crippen LogP contribution in [0.5, 0.6) is 0 Å². The normalized spacial score (nSPS) is 10.7. The van der Waals surface area contributed by atoms with E-state index in [1.807, 2.05) is 18.2 Å². The van der Waals surface area contributed by atoms with Crippen LogP contribution in [0.3, 0.4) is 0 Å². The van der Waals surface area contributed by atoms with Crippen LogP contribution in [0.25, 0.3) is 11.3 Å². The third kappa shape index (κ3) is 3.43. The summed E-state index contributed by atoms with van der Waals surface area (Å²) in [6.07, 6.45) is 0. The average molecular weight is 316 g/mol. The molecule has 0 unspecified atom stereocenters. The van der Waals surface area contributed by atoms with E-state index in [0.29, 0.717) is 5.00 Å². The standard InChI is InChI=1S/C16H13FN2S2/c17-13-8-6-12(7-9-13)14-15(18)21-16(19-14)20-10-11-4-2-1-3-5-11/h1-9H,10,18H2. The highest BCUT2D eigenvalue weighted by molar-refractivity contribution is 8.00. The summed E-state index contributed by atoms with van der Waals surface area (Å²) >= 11 is 3.13. The van der Waals surface area contributed by atoms with Gasteiger partial charge in [-0.3, -0.25) is 0 Å². The lowest BCUT2D eigenvalue weighted by atomic mass is 10.2. The van der Waals surface area contributed by atoms with Gasteiger partial charge in [0.25, 0.3) is 0 Å². The fraction of sp³-hybridized carbons (Fsp3) is 0.0625. The van der Waals surface area contributed by atoms with Gasteiger partial charge in [0.2, 0.25) is 0 Å². The highest BCUT2D eigenvalue weighted by Gasteiger charge is 2.11. The molecule has 0 saturated carbocycles. The Morgan fingerprint density at radius 1 is 1.05 bits per heavy atom. The van der Waals surface area contributed by atoms with Crippen molar-refractivity contribution in [2.45, 2.75) is 10.1 Å². The van der Waals surface area contributed by atoms with Gasteiger partial charge in [0.15, 0.2) is 4.34 Å². The van der Waals surface area contributed by atoms with Crippen molar-refractivity contribution in [1.82, 2.24) is 4.98 Å². The molecule has 0 amide bonds. The maximum Gasteiger partial charge on any atom is 0.152 e. The molecule has 2 nitrogen and oxygen atoms in total. The minimum atomic E-state index is -0.258. The number of benzene rings is 2. The third-order valence-corrected chi connectivity index (χ3v) is 5.06. The monoisotopic (exact) mass is 316 g/mol. The van der Waals surface area contributed by atoms with Gasteiger partial charge in [-0.2, -0.15) is 0 Å². The molecule has 0 aliphatic carbocycles. The first-order chi connectivity index (χ1) is 10.2. The van der Waals surface area contributed by atoms with Crippen molar-refractivity contribution in [2.24, 2.45) is 0 Å². The van der Waals surface area contributed by atoms with Crippen LogP contribution in [0, 0.1) is 5.82 Å². The van der Waals surface area contributed by atoms with Gasteiger partial charge in [-0.1, -0.05) is 53.4 Å². The van der Waals surface area contributed by atoms with Crippen LogP contribution in [0.4, 0.5) is 9.39 Å². The lowest BCUT2D eigenvalue weighted by Gasteiger charge is -1.98. The third-order valence-electron chi connectivity index (χ3n) is 2.96. The summed E-state index contributed by atoms with van der Waals surface area (Å²) in [5.41, 5.74) is 8.86. The molecule has 2 N–H and O–H groups in total. The number of nitrogen functional groups attached to an aromatic ring is 1. The Kier molecular flexibility index (Phi) is 4.22. The van der Waals surface area contributed by atoms with Gasteiger partial charge in [0, 0.05) is 11.3 Å². The van der Waals surface area contributed by atoms with E-state index < -0.39 is 0 Å². The fourth-order valence-electron chi connectivity index (χ4n) is 1.91. The van der Waals surface area contributed by atoms with E-state index in [9.17, 15) is 4.39 Å². The zero-order valence-corrected chi connectivity index (χ0v) is 12.8. The summed E-state index contributed by atoms with van der Waals surface area (Å²) in [4.78, 5) is 4.56. The van der Waals surface area contributed by atoms with Gasteiger partial charge >= 0.3 is 0 Å². The Balaban J connectivity index is 1.76. The van der Waals surface area contributed by atoms with Crippen LogP contribution < -0.4 is 5.73 Å². The maximum absolute atomic E-state index is 13.0. The molecule has 21 heavy (non-hydrogen) atoms. The van der Waals surface area contributed by atoms with Gasteiger partial charge in [-0.15, -0.1) is 0 Å². The highest BCUT2D eigenvalue weighted by Crippen LogP contribution is 2.36. The molecule has 0 aliphatic heterocycles. The van der Waals surface area contributed by atoms with Crippen LogP contribution in [0.2, 0.25) is 0 Å². The first-order valence-electron chi connectivity index (χ1n) is 6.41. The molecule has 1 heterocycles. The molecule has 0 atom stereocenters. The van der Waals surface area contributed by atoms with Crippen LogP contribution in [-0.4, -0.2) is 4.98 Å². The maximum atomic E-state index is 13.0. The lowest BCUT2D eigenvalue weighted by molar-refractivity contribution is 0.628. The number of thioether (sulfide) groups is 1. The topological polar surface area (TPSA) is 38.9 Å². The van der Waals surface area contributed by atoms with E-state index in [1.165, 1.54) is 29.0 Å². The van der Waals surface area contributed by atoms with Gasteiger partial charge in [-0.25, -0.2) is 9.37 Å². The van der Waals surface area contributed by atoms with E-state index >= 15 is 0 Å². The van der Waals surface area contributed by atoms with Crippen LogP contribution >= 0.6 is 23.1 Å². The SMILES string of the molecule is Nc1sc(SCc2ccccc2)nc1-c1ccc(F)cc1. The van der Waals surface area contributed by atoms with Crippen molar-refractivity contribution in [3.63, 3.8) is 0 Å². The summed E-state index contributed by atoms with van der Waals surface area (Å²) in [7, 11) is 0. The smallest absolute Gasteiger partial charge is 0.152 e. The number of anilines is 1. The Hall–Kier alpha value is -1.85. The molecule has 2 aromatic carbocycles. The van der Waals surface area contributed by atoms with Crippen LogP contribution in [0.1, 0.15) is 5.56 Å². The summed E-state index contributed by atoms with van der Waals surface area (Å²) in [6, 6.07) is 16.5. The molecular formula is C16H13FN2S2. The lowest BCUT2D eigenvalue weighted by Crippen LogP contribution is -1.86. The molecular weight excluding hydrogens is 303 g/mol. The van der Waals surface area contributed by atoms with E-state index in [0.717, 1.165) is 21.3 Å². The Morgan fingerprint density at radius 2 is 1.76 bits per heavy atom. The Morgan fingerprint density at radius 3 is 2.48 bits per heavy atom. The number of nitrogens with zero attached hydrogens (tertiary/aromatic N) is 1. The molecule has 0 aliphatic rings. The zero-order chi connectivity index (χ0) is 14.7. The first-order valence-corrected chi connectivity index (χ1v) is 8.21. The minimum Gasteiger partial charge on any atom is -0.389 e. The van der Waals surface area contributed by atoms with Crippen LogP contribution in [-0.2, 0) is 5.75 Å². The molecule has 5 heteroatoms. The highest BCUT2D eigenvalue weighted by atomic mass is 32.2. The number of hydrogen-bond donors (Lipinski definition) is 1. The van der Waals surface area contributed by atoms with Gasteiger partial charge in [0.1, 0.15) is 16.5 Å². The summed E-state index contributed by atoms with van der Waals surface area (Å²) in [5, 5.41) is 0.664. The predicted molar refractivity (Wildman–Crippen MR) is 87.9 cm³/mol. The van der Waals surface area contributed by atoms with Crippen molar-refractivity contribution in [3.05, 3.63) is 66.0 Å². The zero-order valence-electron chi connectivity index (χ0n) is 11.1.